The number of carboxylic acid groups (broad SMARTS) is 1. The molecule has 1 saturated heterocycles. The quantitative estimate of drug-likeness (QED) is 0.677. The van der Waals surface area contributed by atoms with Crippen molar-refractivity contribution in [1.82, 2.24) is 9.47 Å². The molecule has 1 N–H and O–H groups in total. The van der Waals surface area contributed by atoms with E-state index in [0.717, 1.165) is 5.56 Å². The van der Waals surface area contributed by atoms with E-state index in [2.05, 4.69) is 0 Å². The van der Waals surface area contributed by atoms with Crippen molar-refractivity contribution in [1.29, 1.82) is 0 Å². The van der Waals surface area contributed by atoms with Gasteiger partial charge in [-0.1, -0.05) is 24.0 Å². The zero-order valence-corrected chi connectivity index (χ0v) is 11.8. The van der Waals surface area contributed by atoms with Crippen LogP contribution in [0.1, 0.15) is 12.0 Å². The van der Waals surface area contributed by atoms with Crippen molar-refractivity contribution in [3.8, 4) is 0 Å². The second kappa shape index (κ2) is 5.58. The summed E-state index contributed by atoms with van der Waals surface area (Å²) in [7, 11) is 1.90. The number of amides is 1. The number of nitrogens with zero attached hydrogens (tertiary/aromatic N) is 2. The molecule has 0 radical (unpaired) electrons. The molecule has 100 valence electrons. The van der Waals surface area contributed by atoms with Crippen molar-refractivity contribution in [2.45, 2.75) is 6.42 Å². The zero-order valence-electron chi connectivity index (χ0n) is 10.2. The number of carbonyl (C=O) groups excluding carboxylic acids is 1. The van der Waals surface area contributed by atoms with Gasteiger partial charge >= 0.3 is 5.97 Å². The second-order valence-electron chi connectivity index (χ2n) is 4.09. The van der Waals surface area contributed by atoms with Gasteiger partial charge in [0.25, 0.3) is 5.91 Å². The van der Waals surface area contributed by atoms with Gasteiger partial charge in [-0.05, 0) is 17.7 Å². The summed E-state index contributed by atoms with van der Waals surface area (Å²) in [5, 5.41) is 8.64. The predicted molar refractivity (Wildman–Crippen MR) is 77.5 cm³/mol. The summed E-state index contributed by atoms with van der Waals surface area (Å²) in [6.07, 6.45) is 5.44. The molecule has 0 saturated carbocycles. The van der Waals surface area contributed by atoms with Crippen LogP contribution in [0.4, 0.5) is 0 Å². The molecular weight excluding hydrogens is 284 g/mol. The van der Waals surface area contributed by atoms with Crippen LogP contribution in [0.3, 0.4) is 0 Å². The first-order valence-electron chi connectivity index (χ1n) is 5.56. The Labute approximate surface area is 119 Å². The summed E-state index contributed by atoms with van der Waals surface area (Å²) in [6, 6.07) is 1.89. The van der Waals surface area contributed by atoms with Gasteiger partial charge in [-0.15, -0.1) is 0 Å². The highest BCUT2D eigenvalue weighted by Gasteiger charge is 2.31. The molecule has 0 spiro atoms. The minimum absolute atomic E-state index is 0.106. The van der Waals surface area contributed by atoms with E-state index in [0.29, 0.717) is 9.23 Å². The van der Waals surface area contributed by atoms with Gasteiger partial charge in [-0.25, -0.2) is 0 Å². The van der Waals surface area contributed by atoms with Crippen LogP contribution in [0.15, 0.2) is 23.4 Å². The first-order chi connectivity index (χ1) is 8.97. The molecule has 2 heterocycles. The predicted octanol–water partition coefficient (Wildman–Crippen LogP) is 1.70. The fourth-order valence-electron chi connectivity index (χ4n) is 1.66. The lowest BCUT2D eigenvalue weighted by atomic mass is 10.3. The molecule has 0 aliphatic carbocycles. The molecule has 1 aliphatic heterocycles. The molecule has 7 heteroatoms. The molecule has 2 rings (SSSR count). The summed E-state index contributed by atoms with van der Waals surface area (Å²) in [4.78, 5) is 24.5. The van der Waals surface area contributed by atoms with Crippen LogP contribution in [-0.2, 0) is 16.6 Å². The van der Waals surface area contributed by atoms with Crippen LogP contribution in [0.2, 0.25) is 0 Å². The van der Waals surface area contributed by atoms with E-state index in [9.17, 15) is 9.59 Å². The fraction of sp³-hybridized carbons (Fsp3) is 0.250. The largest absolute Gasteiger partial charge is 0.481 e. The molecule has 0 atom stereocenters. The standard InChI is InChI=1S/C12H12N2O3S2/c1-13-4-2-8(7-13)6-9-11(17)14(12(18)19-9)5-3-10(15)16/h2,4,6-7H,3,5H2,1H3,(H,15,16)/b9-6-. The van der Waals surface area contributed by atoms with Crippen molar-refractivity contribution in [3.63, 3.8) is 0 Å². The maximum absolute atomic E-state index is 12.1. The minimum Gasteiger partial charge on any atom is -0.481 e. The van der Waals surface area contributed by atoms with Crippen LogP contribution in [-0.4, -0.2) is 37.3 Å². The summed E-state index contributed by atoms with van der Waals surface area (Å²) >= 11 is 6.30. The third kappa shape index (κ3) is 3.24. The Morgan fingerprint density at radius 2 is 2.32 bits per heavy atom. The van der Waals surface area contributed by atoms with Gasteiger partial charge < -0.3 is 9.67 Å². The highest BCUT2D eigenvalue weighted by atomic mass is 32.2. The second-order valence-corrected chi connectivity index (χ2v) is 5.76. The summed E-state index contributed by atoms with van der Waals surface area (Å²) < 4.78 is 2.30. The third-order valence-electron chi connectivity index (χ3n) is 2.58. The van der Waals surface area contributed by atoms with E-state index in [4.69, 9.17) is 17.3 Å². The van der Waals surface area contributed by atoms with Gasteiger partial charge in [0.2, 0.25) is 0 Å². The number of carboxylic acids is 1. The van der Waals surface area contributed by atoms with E-state index in [1.54, 1.807) is 6.08 Å². The number of thiocarbonyl (C=S) groups is 1. The maximum Gasteiger partial charge on any atom is 0.305 e. The SMILES string of the molecule is Cn1ccc(/C=C2\SC(=S)N(CCC(=O)O)C2=O)c1. The van der Waals surface area contributed by atoms with Gasteiger partial charge in [0, 0.05) is 26.0 Å². The van der Waals surface area contributed by atoms with Gasteiger partial charge in [-0.2, -0.15) is 0 Å². The summed E-state index contributed by atoms with van der Waals surface area (Å²) in [6.45, 7) is 0.117. The number of hydrogen-bond donors (Lipinski definition) is 1. The fourth-order valence-corrected chi connectivity index (χ4v) is 2.97. The first kappa shape index (κ1) is 13.8. The van der Waals surface area contributed by atoms with E-state index < -0.39 is 5.97 Å². The number of thioether (sulfide) groups is 1. The van der Waals surface area contributed by atoms with Gasteiger partial charge in [-0.3, -0.25) is 14.5 Å². The number of hydrogen-bond acceptors (Lipinski definition) is 4. The highest BCUT2D eigenvalue weighted by Crippen LogP contribution is 2.32. The molecule has 0 bridgehead atoms. The third-order valence-corrected chi connectivity index (χ3v) is 3.95. The Morgan fingerprint density at radius 3 is 2.89 bits per heavy atom. The molecule has 1 amide bonds. The Hall–Kier alpha value is -1.60. The number of aryl methyl sites for hydroxylation is 1. The topological polar surface area (TPSA) is 62.5 Å². The van der Waals surface area contributed by atoms with Crippen LogP contribution in [0.5, 0.6) is 0 Å². The Balaban J connectivity index is 2.13. The molecule has 19 heavy (non-hydrogen) atoms. The van der Waals surface area contributed by atoms with Crippen molar-refractivity contribution >= 4 is 46.3 Å². The molecule has 0 aromatic carbocycles. The number of rotatable bonds is 4. The smallest absolute Gasteiger partial charge is 0.305 e. The molecule has 1 fully saturated rings. The normalized spacial score (nSPS) is 17.5. The average molecular weight is 296 g/mol. The summed E-state index contributed by atoms with van der Waals surface area (Å²) in [5.74, 6) is -1.17. The maximum atomic E-state index is 12.1. The number of carbonyl (C=O) groups is 2. The number of aromatic nitrogens is 1. The lowest BCUT2D eigenvalue weighted by Gasteiger charge is -2.12. The van der Waals surface area contributed by atoms with Crippen molar-refractivity contribution in [2.75, 3.05) is 6.54 Å². The Bertz CT molecular complexity index is 577. The monoisotopic (exact) mass is 296 g/mol. The van der Waals surface area contributed by atoms with Gasteiger partial charge in [0.15, 0.2) is 0 Å². The zero-order chi connectivity index (χ0) is 14.0. The molecular formula is C12H12N2O3S2. The van der Waals surface area contributed by atoms with Crippen molar-refractivity contribution in [2.24, 2.45) is 7.05 Å². The van der Waals surface area contributed by atoms with E-state index >= 15 is 0 Å². The highest BCUT2D eigenvalue weighted by molar-refractivity contribution is 8.26. The van der Waals surface area contributed by atoms with Crippen LogP contribution in [0, 0.1) is 0 Å². The lowest BCUT2D eigenvalue weighted by Crippen LogP contribution is -2.30. The van der Waals surface area contributed by atoms with Gasteiger partial charge in [0.1, 0.15) is 4.32 Å². The summed E-state index contributed by atoms with van der Waals surface area (Å²) in [5.41, 5.74) is 0.918. The van der Waals surface area contributed by atoms with Crippen LogP contribution in [0.25, 0.3) is 6.08 Å². The van der Waals surface area contributed by atoms with Crippen molar-refractivity contribution in [3.05, 3.63) is 28.9 Å². The van der Waals surface area contributed by atoms with Crippen LogP contribution >= 0.6 is 24.0 Å². The first-order valence-corrected chi connectivity index (χ1v) is 6.79. The average Bonchev–Trinajstić information content (AvgIpc) is 2.83. The minimum atomic E-state index is -0.943. The van der Waals surface area contributed by atoms with Gasteiger partial charge in [0.05, 0.1) is 11.3 Å². The molecule has 0 unspecified atom stereocenters. The Kier molecular flexibility index (Phi) is 4.06. The number of aliphatic carboxylic acids is 1. The van der Waals surface area contributed by atoms with Crippen molar-refractivity contribution < 1.29 is 14.7 Å². The lowest BCUT2D eigenvalue weighted by molar-refractivity contribution is -0.137. The molecule has 1 aromatic heterocycles. The van der Waals surface area contributed by atoms with E-state index in [-0.39, 0.29) is 18.9 Å². The van der Waals surface area contributed by atoms with Crippen LogP contribution < -0.4 is 0 Å². The van der Waals surface area contributed by atoms with E-state index in [1.165, 1.54) is 16.7 Å². The van der Waals surface area contributed by atoms with E-state index in [1.807, 2.05) is 30.1 Å². The Morgan fingerprint density at radius 1 is 1.58 bits per heavy atom. The molecule has 1 aromatic rings. The molecule has 5 nitrogen and oxygen atoms in total. The molecule has 1 aliphatic rings.